The fourth-order valence-corrected chi connectivity index (χ4v) is 4.53. The van der Waals surface area contributed by atoms with E-state index in [0.29, 0.717) is 12.0 Å². The minimum Gasteiger partial charge on any atom is -0.345 e. The fraction of sp³-hybridized carbons (Fsp3) is 0.400. The van der Waals surface area contributed by atoms with Crippen molar-refractivity contribution in [2.45, 2.75) is 25.4 Å². The maximum absolute atomic E-state index is 12.8. The van der Waals surface area contributed by atoms with Gasteiger partial charge in [-0.05, 0) is 29.5 Å². The zero-order valence-corrected chi connectivity index (χ0v) is 15.5. The SMILES string of the molecule is O=C1N[C@H](CC(=O)N2CCCN(Cc3cccs3)CC2)c2ccccc21. The van der Waals surface area contributed by atoms with Gasteiger partial charge < -0.3 is 10.2 Å². The molecule has 1 fully saturated rings. The molecule has 0 radical (unpaired) electrons. The highest BCUT2D eigenvalue weighted by Crippen LogP contribution is 2.28. The lowest BCUT2D eigenvalue weighted by molar-refractivity contribution is -0.131. The normalized spacial score (nSPS) is 20.5. The van der Waals surface area contributed by atoms with E-state index in [9.17, 15) is 9.59 Å². The van der Waals surface area contributed by atoms with Crippen molar-refractivity contribution in [1.82, 2.24) is 15.1 Å². The summed E-state index contributed by atoms with van der Waals surface area (Å²) in [5.41, 5.74) is 1.64. The van der Waals surface area contributed by atoms with E-state index in [2.05, 4.69) is 27.7 Å². The molecule has 0 saturated carbocycles. The molecule has 1 atom stereocenters. The number of carbonyl (C=O) groups is 2. The van der Waals surface area contributed by atoms with Gasteiger partial charge in [0.1, 0.15) is 0 Å². The molecule has 1 saturated heterocycles. The Kier molecular flexibility index (Phi) is 5.04. The molecule has 2 amide bonds. The number of fused-ring (bicyclic) bond motifs is 1. The van der Waals surface area contributed by atoms with Crippen molar-refractivity contribution in [1.29, 1.82) is 0 Å². The standard InChI is InChI=1S/C20H23N3O2S/c24-19(13-18-16-6-1-2-7-17(16)20(25)21-18)23-9-4-8-22(10-11-23)14-15-5-3-12-26-15/h1-3,5-7,12,18H,4,8-11,13-14H2,(H,21,25)/t18-/m1/s1. The first-order chi connectivity index (χ1) is 12.7. The Morgan fingerprint density at radius 2 is 2.00 bits per heavy atom. The molecule has 5 nitrogen and oxygen atoms in total. The first-order valence-electron chi connectivity index (χ1n) is 9.13. The highest BCUT2D eigenvalue weighted by molar-refractivity contribution is 7.09. The summed E-state index contributed by atoms with van der Waals surface area (Å²) >= 11 is 1.78. The summed E-state index contributed by atoms with van der Waals surface area (Å²) in [5, 5.41) is 5.06. The number of nitrogens with zero attached hydrogens (tertiary/aromatic N) is 2. The Hall–Kier alpha value is -2.18. The molecule has 2 aliphatic heterocycles. The highest BCUT2D eigenvalue weighted by Gasteiger charge is 2.31. The van der Waals surface area contributed by atoms with Gasteiger partial charge in [-0.25, -0.2) is 0 Å². The van der Waals surface area contributed by atoms with E-state index in [1.807, 2.05) is 29.2 Å². The van der Waals surface area contributed by atoms with Crippen LogP contribution in [0.4, 0.5) is 0 Å². The van der Waals surface area contributed by atoms with Crippen molar-refractivity contribution in [2.75, 3.05) is 26.2 Å². The Balaban J connectivity index is 1.35. The Bertz CT molecular complexity index is 790. The number of carbonyl (C=O) groups excluding carboxylic acids is 2. The number of thiophene rings is 1. The second-order valence-corrected chi connectivity index (χ2v) is 7.94. The largest absolute Gasteiger partial charge is 0.345 e. The molecule has 0 spiro atoms. The average molecular weight is 369 g/mol. The molecule has 2 aliphatic rings. The summed E-state index contributed by atoms with van der Waals surface area (Å²) in [7, 11) is 0. The van der Waals surface area contributed by atoms with Gasteiger partial charge >= 0.3 is 0 Å². The molecule has 6 heteroatoms. The van der Waals surface area contributed by atoms with E-state index < -0.39 is 0 Å². The summed E-state index contributed by atoms with van der Waals surface area (Å²) in [4.78, 5) is 30.6. The molecule has 136 valence electrons. The zero-order valence-electron chi connectivity index (χ0n) is 14.7. The molecule has 26 heavy (non-hydrogen) atoms. The fourth-order valence-electron chi connectivity index (χ4n) is 3.79. The van der Waals surface area contributed by atoms with Crippen LogP contribution in [-0.2, 0) is 11.3 Å². The lowest BCUT2D eigenvalue weighted by atomic mass is 10.0. The number of nitrogens with one attached hydrogen (secondary N) is 1. The summed E-state index contributed by atoms with van der Waals surface area (Å²) < 4.78 is 0. The maximum atomic E-state index is 12.8. The summed E-state index contributed by atoms with van der Waals surface area (Å²) in [6.45, 7) is 4.43. The summed E-state index contributed by atoms with van der Waals surface area (Å²) in [5.74, 6) is 0.0568. The van der Waals surface area contributed by atoms with Gasteiger partial charge in [-0.3, -0.25) is 14.5 Å². The van der Waals surface area contributed by atoms with E-state index in [1.165, 1.54) is 4.88 Å². The van der Waals surface area contributed by atoms with Gasteiger partial charge in [-0.2, -0.15) is 0 Å². The van der Waals surface area contributed by atoms with Crippen molar-refractivity contribution in [3.63, 3.8) is 0 Å². The molecular formula is C20H23N3O2S. The molecule has 0 aliphatic carbocycles. The predicted octanol–water partition coefficient (Wildman–Crippen LogP) is 2.66. The van der Waals surface area contributed by atoms with Crippen molar-refractivity contribution < 1.29 is 9.59 Å². The zero-order chi connectivity index (χ0) is 17.9. The minimum absolute atomic E-state index is 0.0728. The summed E-state index contributed by atoms with van der Waals surface area (Å²) in [6, 6.07) is 11.6. The Morgan fingerprint density at radius 1 is 1.12 bits per heavy atom. The monoisotopic (exact) mass is 369 g/mol. The predicted molar refractivity (Wildman–Crippen MR) is 102 cm³/mol. The molecule has 1 aromatic heterocycles. The van der Waals surface area contributed by atoms with Gasteiger partial charge in [0.25, 0.3) is 5.91 Å². The van der Waals surface area contributed by atoms with Crippen LogP contribution in [0.25, 0.3) is 0 Å². The number of benzene rings is 1. The van der Waals surface area contributed by atoms with Crippen LogP contribution in [0.15, 0.2) is 41.8 Å². The van der Waals surface area contributed by atoms with Gasteiger partial charge in [-0.15, -0.1) is 11.3 Å². The number of amides is 2. The van der Waals surface area contributed by atoms with Crippen LogP contribution >= 0.6 is 11.3 Å². The van der Waals surface area contributed by atoms with Crippen molar-refractivity contribution in [3.8, 4) is 0 Å². The lowest BCUT2D eigenvalue weighted by Gasteiger charge is -2.23. The molecule has 0 bridgehead atoms. The van der Waals surface area contributed by atoms with Crippen LogP contribution in [0, 0.1) is 0 Å². The Morgan fingerprint density at radius 3 is 2.85 bits per heavy atom. The van der Waals surface area contributed by atoms with E-state index in [-0.39, 0.29) is 17.9 Å². The maximum Gasteiger partial charge on any atom is 0.252 e. The molecule has 1 N–H and O–H groups in total. The molecule has 4 rings (SSSR count). The van der Waals surface area contributed by atoms with Gasteiger partial charge in [0.05, 0.1) is 12.5 Å². The van der Waals surface area contributed by atoms with Crippen LogP contribution in [0.1, 0.15) is 39.7 Å². The first kappa shape index (κ1) is 17.2. The molecule has 1 aromatic carbocycles. The smallest absolute Gasteiger partial charge is 0.252 e. The van der Waals surface area contributed by atoms with Crippen molar-refractivity contribution in [2.24, 2.45) is 0 Å². The van der Waals surface area contributed by atoms with Crippen LogP contribution in [-0.4, -0.2) is 47.8 Å². The second kappa shape index (κ2) is 7.60. The quantitative estimate of drug-likeness (QED) is 0.901. The second-order valence-electron chi connectivity index (χ2n) is 6.91. The van der Waals surface area contributed by atoms with E-state index in [4.69, 9.17) is 0 Å². The van der Waals surface area contributed by atoms with Crippen LogP contribution < -0.4 is 5.32 Å². The Labute approximate surface area is 157 Å². The third-order valence-corrected chi connectivity index (χ3v) is 6.03. The van der Waals surface area contributed by atoms with Gasteiger partial charge in [-0.1, -0.05) is 24.3 Å². The third-order valence-electron chi connectivity index (χ3n) is 5.17. The van der Waals surface area contributed by atoms with Gasteiger partial charge in [0.2, 0.25) is 5.91 Å². The number of hydrogen-bond donors (Lipinski definition) is 1. The third kappa shape index (κ3) is 3.66. The van der Waals surface area contributed by atoms with Crippen LogP contribution in [0.2, 0.25) is 0 Å². The average Bonchev–Trinajstić information content (AvgIpc) is 3.18. The minimum atomic E-state index is -0.198. The lowest BCUT2D eigenvalue weighted by Crippen LogP contribution is -2.36. The number of rotatable bonds is 4. The highest BCUT2D eigenvalue weighted by atomic mass is 32.1. The van der Waals surface area contributed by atoms with Crippen molar-refractivity contribution >= 4 is 23.2 Å². The van der Waals surface area contributed by atoms with E-state index >= 15 is 0 Å². The topological polar surface area (TPSA) is 52.7 Å². The van der Waals surface area contributed by atoms with E-state index in [0.717, 1.165) is 44.7 Å². The van der Waals surface area contributed by atoms with Crippen molar-refractivity contribution in [3.05, 3.63) is 57.8 Å². The first-order valence-corrected chi connectivity index (χ1v) is 10.0. The van der Waals surface area contributed by atoms with Gasteiger partial charge in [0.15, 0.2) is 0 Å². The molecule has 2 aromatic rings. The van der Waals surface area contributed by atoms with Crippen LogP contribution in [0.3, 0.4) is 0 Å². The molecular weight excluding hydrogens is 346 g/mol. The molecule has 3 heterocycles. The summed E-state index contributed by atoms with van der Waals surface area (Å²) in [6.07, 6.45) is 1.33. The van der Waals surface area contributed by atoms with E-state index in [1.54, 1.807) is 11.3 Å². The van der Waals surface area contributed by atoms with Crippen LogP contribution in [0.5, 0.6) is 0 Å². The molecule has 0 unspecified atom stereocenters. The van der Waals surface area contributed by atoms with Gasteiger partial charge in [0, 0.05) is 43.2 Å². The number of hydrogen-bond acceptors (Lipinski definition) is 4.